The molecule has 0 amide bonds. The van der Waals surface area contributed by atoms with Crippen molar-refractivity contribution in [1.29, 1.82) is 0 Å². The summed E-state index contributed by atoms with van der Waals surface area (Å²) in [6.45, 7) is 5.27. The van der Waals surface area contributed by atoms with E-state index in [-0.39, 0.29) is 17.6 Å². The summed E-state index contributed by atoms with van der Waals surface area (Å²) >= 11 is 0. The van der Waals surface area contributed by atoms with Crippen LogP contribution in [-0.2, 0) is 14.4 Å². The van der Waals surface area contributed by atoms with Crippen LogP contribution in [0.1, 0.15) is 27.2 Å². The fourth-order valence-electron chi connectivity index (χ4n) is 1.71. The third-order valence-corrected chi connectivity index (χ3v) is 2.61. The van der Waals surface area contributed by atoms with Gasteiger partial charge >= 0.3 is 11.9 Å². The predicted molar refractivity (Wildman–Crippen MR) is 58.8 cm³/mol. The normalized spacial score (nSPS) is 16.5. The van der Waals surface area contributed by atoms with Crippen molar-refractivity contribution in [2.24, 2.45) is 0 Å². The molecule has 0 aromatic rings. The number of allylic oxidation sites excluding steroid dienone is 2. The number of carbonyl (C=O) groups is 2. The van der Waals surface area contributed by atoms with Gasteiger partial charge in [-0.1, -0.05) is 0 Å². The monoisotopic (exact) mass is 241 g/mol. The number of hydroxylamine groups is 2. The van der Waals surface area contributed by atoms with E-state index in [0.717, 1.165) is 0 Å². The average Bonchev–Trinajstić information content (AvgIpc) is 2.23. The molecule has 2 N–H and O–H groups in total. The highest BCUT2D eigenvalue weighted by Crippen LogP contribution is 2.30. The highest BCUT2D eigenvalue weighted by molar-refractivity contribution is 5.94. The van der Waals surface area contributed by atoms with Crippen molar-refractivity contribution < 1.29 is 24.6 Å². The molecule has 6 nitrogen and oxygen atoms in total. The zero-order chi connectivity index (χ0) is 13.2. The van der Waals surface area contributed by atoms with Crippen molar-refractivity contribution in [1.82, 2.24) is 5.06 Å². The molecule has 0 aromatic carbocycles. The van der Waals surface area contributed by atoms with E-state index in [0.29, 0.717) is 18.0 Å². The molecule has 0 fully saturated rings. The molecule has 1 rings (SSSR count). The van der Waals surface area contributed by atoms with Crippen LogP contribution >= 0.6 is 0 Å². The lowest BCUT2D eigenvalue weighted by atomic mass is 9.98. The van der Waals surface area contributed by atoms with Crippen LogP contribution in [0.5, 0.6) is 0 Å². The minimum absolute atomic E-state index is 0.0430. The van der Waals surface area contributed by atoms with Gasteiger partial charge in [-0.25, -0.2) is 14.7 Å². The Kier molecular flexibility index (Phi) is 3.90. The molecular formula is C11H15NO5. The number of hydrogen-bond donors (Lipinski definition) is 2. The van der Waals surface area contributed by atoms with Gasteiger partial charge in [-0.3, -0.25) is 4.84 Å². The maximum atomic E-state index is 11.0. The number of nitrogens with zero attached hydrogens (tertiary/aromatic N) is 1. The van der Waals surface area contributed by atoms with E-state index in [1.165, 1.54) is 5.06 Å². The van der Waals surface area contributed by atoms with E-state index in [1.54, 1.807) is 20.8 Å². The number of carboxylic acid groups (broad SMARTS) is 2. The summed E-state index contributed by atoms with van der Waals surface area (Å²) in [7, 11) is 0. The first-order valence-electron chi connectivity index (χ1n) is 5.19. The third-order valence-electron chi connectivity index (χ3n) is 2.61. The lowest BCUT2D eigenvalue weighted by Crippen LogP contribution is -2.30. The molecule has 17 heavy (non-hydrogen) atoms. The molecule has 0 radical (unpaired) electrons. The molecule has 0 aromatic heterocycles. The molecule has 0 aliphatic carbocycles. The first kappa shape index (κ1) is 13.2. The molecule has 94 valence electrons. The minimum Gasteiger partial charge on any atom is -0.478 e. The van der Waals surface area contributed by atoms with Gasteiger partial charge in [-0.2, -0.15) is 0 Å². The van der Waals surface area contributed by atoms with Gasteiger partial charge in [0.25, 0.3) is 0 Å². The molecule has 0 atom stereocenters. The van der Waals surface area contributed by atoms with Crippen molar-refractivity contribution >= 4 is 11.9 Å². The smallest absolute Gasteiger partial charge is 0.333 e. The molecule has 0 saturated carbocycles. The minimum atomic E-state index is -1.13. The van der Waals surface area contributed by atoms with Gasteiger partial charge in [0.2, 0.25) is 0 Å². The molecule has 1 aliphatic rings. The second-order valence-electron chi connectivity index (χ2n) is 3.63. The Morgan fingerprint density at radius 2 is 1.59 bits per heavy atom. The maximum Gasteiger partial charge on any atom is 0.333 e. The van der Waals surface area contributed by atoms with Crippen molar-refractivity contribution in [2.75, 3.05) is 6.61 Å². The van der Waals surface area contributed by atoms with Crippen LogP contribution in [0.4, 0.5) is 0 Å². The SMILES string of the molecule is CCON1C(C)=C(C(=O)O)CC(C(=O)O)=C1C. The molecule has 0 spiro atoms. The quantitative estimate of drug-likeness (QED) is 0.772. The van der Waals surface area contributed by atoms with Crippen LogP contribution in [0.15, 0.2) is 22.5 Å². The van der Waals surface area contributed by atoms with Crippen LogP contribution in [0.2, 0.25) is 0 Å². The predicted octanol–water partition coefficient (Wildman–Crippen LogP) is 1.36. The van der Waals surface area contributed by atoms with Crippen molar-refractivity contribution in [3.8, 4) is 0 Å². The van der Waals surface area contributed by atoms with E-state index in [2.05, 4.69) is 0 Å². The molecule has 0 unspecified atom stereocenters. The Bertz CT molecular complexity index is 386. The zero-order valence-electron chi connectivity index (χ0n) is 9.98. The van der Waals surface area contributed by atoms with Gasteiger partial charge in [0.05, 0.1) is 29.1 Å². The topological polar surface area (TPSA) is 87.1 Å². The number of carboxylic acids is 2. The van der Waals surface area contributed by atoms with Crippen LogP contribution in [-0.4, -0.2) is 33.8 Å². The average molecular weight is 241 g/mol. The molecule has 0 saturated heterocycles. The first-order valence-corrected chi connectivity index (χ1v) is 5.19. The summed E-state index contributed by atoms with van der Waals surface area (Å²) in [4.78, 5) is 27.3. The fraction of sp³-hybridized carbons (Fsp3) is 0.455. The van der Waals surface area contributed by atoms with Gasteiger partial charge in [-0.15, -0.1) is 0 Å². The summed E-state index contributed by atoms with van der Waals surface area (Å²) in [5.41, 5.74) is 0.923. The van der Waals surface area contributed by atoms with Crippen LogP contribution in [0, 0.1) is 0 Å². The summed E-state index contributed by atoms with van der Waals surface area (Å²) < 4.78 is 0. The van der Waals surface area contributed by atoms with Crippen LogP contribution in [0.3, 0.4) is 0 Å². The van der Waals surface area contributed by atoms with Gasteiger partial charge in [0.15, 0.2) is 0 Å². The number of rotatable bonds is 4. The van der Waals surface area contributed by atoms with Gasteiger partial charge < -0.3 is 10.2 Å². The Balaban J connectivity index is 3.23. The Morgan fingerprint density at radius 3 is 1.88 bits per heavy atom. The lowest BCUT2D eigenvalue weighted by Gasteiger charge is -2.31. The standard InChI is InChI=1S/C11H15NO5/c1-4-17-12-6(2)8(10(13)14)5-9(7(12)3)11(15)16/h4-5H2,1-3H3,(H,13,14)(H,15,16). The third kappa shape index (κ3) is 2.47. The Hall–Kier alpha value is -1.82. The second kappa shape index (κ2) is 5.01. The second-order valence-corrected chi connectivity index (χ2v) is 3.63. The Morgan fingerprint density at radius 1 is 1.18 bits per heavy atom. The van der Waals surface area contributed by atoms with E-state index in [4.69, 9.17) is 15.1 Å². The van der Waals surface area contributed by atoms with E-state index in [1.807, 2.05) is 0 Å². The number of aliphatic carboxylic acids is 2. The highest BCUT2D eigenvalue weighted by atomic mass is 16.7. The van der Waals surface area contributed by atoms with E-state index >= 15 is 0 Å². The van der Waals surface area contributed by atoms with E-state index < -0.39 is 11.9 Å². The van der Waals surface area contributed by atoms with Gasteiger partial charge in [0.1, 0.15) is 0 Å². The zero-order valence-corrected chi connectivity index (χ0v) is 9.98. The van der Waals surface area contributed by atoms with Crippen molar-refractivity contribution in [2.45, 2.75) is 27.2 Å². The molecule has 6 heteroatoms. The summed E-state index contributed by atoms with van der Waals surface area (Å²) in [6.07, 6.45) is -0.0914. The largest absolute Gasteiger partial charge is 0.478 e. The summed E-state index contributed by atoms with van der Waals surface area (Å²) in [5.74, 6) is -2.25. The van der Waals surface area contributed by atoms with Crippen molar-refractivity contribution in [3.63, 3.8) is 0 Å². The number of hydrogen-bond acceptors (Lipinski definition) is 4. The molecule has 1 aliphatic heterocycles. The Labute approximate surface area is 98.7 Å². The lowest BCUT2D eigenvalue weighted by molar-refractivity contribution is -0.136. The summed E-state index contributed by atoms with van der Waals surface area (Å²) in [6, 6.07) is 0. The van der Waals surface area contributed by atoms with Crippen molar-refractivity contribution in [3.05, 3.63) is 22.5 Å². The highest BCUT2D eigenvalue weighted by Gasteiger charge is 2.29. The molecule has 0 bridgehead atoms. The van der Waals surface area contributed by atoms with E-state index in [9.17, 15) is 9.59 Å². The maximum absolute atomic E-state index is 11.0. The van der Waals surface area contributed by atoms with Crippen LogP contribution < -0.4 is 0 Å². The van der Waals surface area contributed by atoms with Crippen LogP contribution in [0.25, 0.3) is 0 Å². The van der Waals surface area contributed by atoms with Gasteiger partial charge in [-0.05, 0) is 20.8 Å². The fourth-order valence-corrected chi connectivity index (χ4v) is 1.71. The van der Waals surface area contributed by atoms with Gasteiger partial charge in [0, 0.05) is 6.42 Å². The first-order chi connectivity index (χ1) is 7.90. The molecular weight excluding hydrogens is 226 g/mol. The summed E-state index contributed by atoms with van der Waals surface area (Å²) in [5, 5.41) is 19.3. The molecule has 1 heterocycles.